The molecule has 0 spiro atoms. The third-order valence-electron chi connectivity index (χ3n) is 12.3. The Labute approximate surface area is 383 Å². The monoisotopic (exact) mass is 878 g/mol. The Morgan fingerprint density at radius 3 is 1.21 bits per heavy atom. The van der Waals surface area contributed by atoms with E-state index in [9.17, 15) is 19.2 Å². The van der Waals surface area contributed by atoms with Crippen molar-refractivity contribution in [2.45, 2.75) is 265 Å². The van der Waals surface area contributed by atoms with Crippen molar-refractivity contribution in [3.8, 4) is 0 Å². The molecule has 366 valence electrons. The van der Waals surface area contributed by atoms with E-state index < -0.39 is 10.9 Å². The Balaban J connectivity index is 0. The molecule has 0 fully saturated rings. The second kappa shape index (κ2) is 49.9. The number of nitrogens with zero attached hydrogens (tertiary/aromatic N) is 1. The minimum absolute atomic E-state index is 0.0565. The maximum Gasteiger partial charge on any atom is 0.253 e. The molecule has 0 aliphatic carbocycles. The Kier molecular flexibility index (Phi) is 49.9. The molecule has 1 atom stereocenters. The second-order valence-electron chi connectivity index (χ2n) is 17.8. The van der Waals surface area contributed by atoms with E-state index in [1.807, 2.05) is 14.2 Å². The maximum absolute atomic E-state index is 11.4. The molecule has 0 amide bonds. The molecule has 9 heteroatoms. The highest BCUT2D eigenvalue weighted by atomic mass is 16.5. The number of nitrogens with two attached hydrogens (primary N) is 1. The van der Waals surface area contributed by atoms with Gasteiger partial charge in [-0.1, -0.05) is 182 Å². The Morgan fingerprint density at radius 2 is 0.839 bits per heavy atom. The van der Waals surface area contributed by atoms with Crippen molar-refractivity contribution < 1.29 is 19.1 Å². The topological polar surface area (TPSA) is 128 Å². The van der Waals surface area contributed by atoms with Crippen molar-refractivity contribution in [3.05, 3.63) is 20.4 Å². The van der Waals surface area contributed by atoms with Crippen LogP contribution in [0, 0.1) is 0 Å². The zero-order valence-electron chi connectivity index (χ0n) is 41.9. The minimum atomic E-state index is -0.583. The highest BCUT2D eigenvalue weighted by molar-refractivity contribution is 5.71. The normalized spacial score (nSPS) is 11.7. The van der Waals surface area contributed by atoms with E-state index in [4.69, 9.17) is 15.2 Å². The van der Waals surface area contributed by atoms with E-state index in [2.05, 4.69) is 37.9 Å². The molecule has 1 rings (SSSR count). The van der Waals surface area contributed by atoms with Gasteiger partial charge in [0.05, 0.1) is 12.2 Å². The molecule has 0 aromatic heterocycles. The first-order valence-electron chi connectivity index (χ1n) is 26.3. The van der Waals surface area contributed by atoms with Gasteiger partial charge in [0.1, 0.15) is 23.9 Å². The zero-order chi connectivity index (χ0) is 46.2. The summed E-state index contributed by atoms with van der Waals surface area (Å²) in [6.07, 6.45) is 46.4. The molecule has 1 aromatic rings. The summed E-state index contributed by atoms with van der Waals surface area (Å²) in [4.78, 5) is 45.8. The quantitative estimate of drug-likeness (QED) is 0.0374. The van der Waals surface area contributed by atoms with E-state index in [0.29, 0.717) is 31.6 Å². The van der Waals surface area contributed by atoms with Gasteiger partial charge in [-0.3, -0.25) is 9.59 Å². The number of unbranched alkanes of at least 4 members (excludes halogenated alkanes) is 25. The summed E-state index contributed by atoms with van der Waals surface area (Å²) in [6.45, 7) is 12.7. The highest BCUT2D eigenvalue weighted by Crippen LogP contribution is 2.17. The largest absolute Gasteiger partial charge is 0.394 e. The van der Waals surface area contributed by atoms with Gasteiger partial charge in [-0.2, -0.15) is 0 Å². The summed E-state index contributed by atoms with van der Waals surface area (Å²) in [5.74, 6) is 0. The molecule has 0 aliphatic rings. The van der Waals surface area contributed by atoms with Crippen LogP contribution in [-0.4, -0.2) is 70.1 Å². The number of aldehydes is 2. The molecule has 9 nitrogen and oxygen atoms in total. The Hall–Kier alpha value is -2.10. The smallest absolute Gasteiger partial charge is 0.253 e. The average molecular weight is 878 g/mol. The van der Waals surface area contributed by atoms with Gasteiger partial charge in [0.15, 0.2) is 0 Å². The number of nitrogen functional groups attached to an aromatic ring is 1. The van der Waals surface area contributed by atoms with Gasteiger partial charge in [0, 0.05) is 33.6 Å². The molecule has 3 N–H and O–H groups in total. The molecule has 0 saturated carbocycles. The van der Waals surface area contributed by atoms with Crippen molar-refractivity contribution in [2.24, 2.45) is 0 Å². The average Bonchev–Trinajstić information content (AvgIpc) is 3.29. The number of carbonyl (C=O) groups excluding carboxylic acids is 2. The second-order valence-corrected chi connectivity index (χ2v) is 17.8. The molecule has 0 radical (unpaired) electrons. The summed E-state index contributed by atoms with van der Waals surface area (Å²) in [7, 11) is 3.71. The van der Waals surface area contributed by atoms with Crippen LogP contribution in [0.3, 0.4) is 0 Å². The number of ether oxygens (including phenoxy) is 2. The first-order chi connectivity index (χ1) is 30.3. The fourth-order valence-electron chi connectivity index (χ4n) is 7.95. The molecular formula is C53H103N3O6. The predicted octanol–water partition coefficient (Wildman–Crippen LogP) is 13.7. The van der Waals surface area contributed by atoms with Gasteiger partial charge in [-0.05, 0) is 77.4 Å². The Morgan fingerprint density at radius 1 is 0.484 bits per heavy atom. The third kappa shape index (κ3) is 39.5. The summed E-state index contributed by atoms with van der Waals surface area (Å²) < 4.78 is 10.9. The van der Waals surface area contributed by atoms with Crippen LogP contribution in [0.2, 0.25) is 0 Å². The van der Waals surface area contributed by atoms with Crippen molar-refractivity contribution in [2.75, 3.05) is 51.4 Å². The molecule has 0 bridgehead atoms. The predicted molar refractivity (Wildman–Crippen MR) is 269 cm³/mol. The lowest BCUT2D eigenvalue weighted by Crippen LogP contribution is -2.37. The number of carbonyl (C=O) groups is 2. The lowest BCUT2D eigenvalue weighted by molar-refractivity contribution is -0.108. The number of hydrogen-bond acceptors (Lipinski definition) is 9. The molecule has 0 aliphatic heterocycles. The number of hydrogen-bond donors (Lipinski definition) is 2. The number of rotatable bonds is 45. The van der Waals surface area contributed by atoms with Crippen molar-refractivity contribution in [3.63, 3.8) is 0 Å². The van der Waals surface area contributed by atoms with E-state index in [1.165, 1.54) is 161 Å². The fraction of sp³-hybridized carbons (Fsp3) is 0.887. The molecule has 0 heterocycles. The first kappa shape index (κ1) is 62.0. The van der Waals surface area contributed by atoms with Crippen molar-refractivity contribution in [1.82, 2.24) is 4.90 Å². The summed E-state index contributed by atoms with van der Waals surface area (Å²) >= 11 is 0. The van der Waals surface area contributed by atoms with Gasteiger partial charge < -0.3 is 35.0 Å². The summed E-state index contributed by atoms with van der Waals surface area (Å²) in [5.41, 5.74) is 4.79. The van der Waals surface area contributed by atoms with Gasteiger partial charge in [0.2, 0.25) is 0 Å². The highest BCUT2D eigenvalue weighted by Gasteiger charge is 2.17. The number of anilines is 2. The van der Waals surface area contributed by atoms with E-state index in [1.54, 1.807) is 0 Å². The van der Waals surface area contributed by atoms with Crippen LogP contribution in [0.25, 0.3) is 0 Å². The van der Waals surface area contributed by atoms with E-state index >= 15 is 0 Å². The molecule has 1 aromatic carbocycles. The van der Waals surface area contributed by atoms with E-state index in [0.717, 1.165) is 83.6 Å². The molecule has 62 heavy (non-hydrogen) atoms. The van der Waals surface area contributed by atoms with Crippen LogP contribution in [0.5, 0.6) is 0 Å². The van der Waals surface area contributed by atoms with Crippen LogP contribution in [0.15, 0.2) is 9.59 Å². The van der Waals surface area contributed by atoms with Crippen molar-refractivity contribution >= 4 is 23.9 Å². The van der Waals surface area contributed by atoms with Crippen LogP contribution < -0.4 is 21.9 Å². The van der Waals surface area contributed by atoms with Crippen LogP contribution in [0.1, 0.15) is 252 Å². The standard InChI is InChI=1S/C23H39N3O4.C18H38O.C12H26O/c24-20-21(23(30)22(20)29)25-14-13-17-26(15-9-5-1-3-7-11-18-27)16-10-6-2-4-8-12-19-28;1-4-6-8-10-12-14-16-18(19-3)17-15-13-11-9-7-5-2;1-4-6-7-8-9-10-11-12(5-2)13-3/h18-19,25H,1-17,24H2;18H,4-17H2,1-3H3;12H,4-11H2,1-3H3. The number of methoxy groups -OCH3 is 2. The molecular weight excluding hydrogens is 775 g/mol. The van der Waals surface area contributed by atoms with Crippen LogP contribution >= 0.6 is 0 Å². The van der Waals surface area contributed by atoms with Crippen molar-refractivity contribution in [1.29, 1.82) is 0 Å². The van der Waals surface area contributed by atoms with Crippen LogP contribution in [-0.2, 0) is 19.1 Å². The Bertz CT molecular complexity index is 1100. The van der Waals surface area contributed by atoms with Gasteiger partial charge in [-0.15, -0.1) is 0 Å². The van der Waals surface area contributed by atoms with E-state index in [-0.39, 0.29) is 11.4 Å². The zero-order valence-corrected chi connectivity index (χ0v) is 41.9. The SMILES string of the molecule is CCCCCCCCC(CC)OC.CCCCCCCCC(CCCCCCCC)OC.Nc1c(NCCCN(CCCCCCCC=O)CCCCCCCC=O)c(=O)c1=O. The van der Waals surface area contributed by atoms with Crippen LogP contribution in [0.4, 0.5) is 11.4 Å². The molecule has 1 unspecified atom stereocenters. The number of nitrogens with one attached hydrogen (secondary N) is 1. The lowest BCUT2D eigenvalue weighted by Gasteiger charge is -2.22. The fourth-order valence-corrected chi connectivity index (χ4v) is 7.95. The third-order valence-corrected chi connectivity index (χ3v) is 12.3. The molecule has 0 saturated heterocycles. The van der Waals surface area contributed by atoms with Gasteiger partial charge in [0.25, 0.3) is 10.9 Å². The minimum Gasteiger partial charge on any atom is -0.394 e. The summed E-state index contributed by atoms with van der Waals surface area (Å²) in [6, 6.07) is 0. The first-order valence-corrected chi connectivity index (χ1v) is 26.3. The maximum atomic E-state index is 11.4. The lowest BCUT2D eigenvalue weighted by atomic mass is 10.0. The summed E-state index contributed by atoms with van der Waals surface area (Å²) in [5, 5.41) is 3.00. The van der Waals surface area contributed by atoms with Gasteiger partial charge in [-0.25, -0.2) is 0 Å². The van der Waals surface area contributed by atoms with Gasteiger partial charge >= 0.3 is 0 Å².